The maximum absolute atomic E-state index is 12.1. The molecule has 188 valence electrons. The zero-order valence-electron chi connectivity index (χ0n) is 19.6. The molecule has 1 atom stereocenters. The molecular weight excluding hydrogens is 522 g/mol. The van der Waals surface area contributed by atoms with E-state index in [1.807, 2.05) is 24.3 Å². The van der Waals surface area contributed by atoms with Gasteiger partial charge in [-0.05, 0) is 44.5 Å². The van der Waals surface area contributed by atoms with Crippen molar-refractivity contribution in [3.05, 3.63) is 64.1 Å². The van der Waals surface area contributed by atoms with Crippen molar-refractivity contribution in [3.63, 3.8) is 0 Å². The van der Waals surface area contributed by atoms with Crippen molar-refractivity contribution < 1.29 is 33.4 Å². The molecule has 2 aromatic carbocycles. The molecular formula is C24H28BrN3O7. The van der Waals surface area contributed by atoms with Gasteiger partial charge in [0.1, 0.15) is 30.5 Å². The predicted molar refractivity (Wildman–Crippen MR) is 130 cm³/mol. The number of alkyl carbamates (subject to hydrolysis) is 1. The first-order valence-corrected chi connectivity index (χ1v) is 11.4. The molecule has 11 heteroatoms. The molecule has 0 aliphatic rings. The number of benzene rings is 2. The molecule has 0 saturated carbocycles. The van der Waals surface area contributed by atoms with Gasteiger partial charge in [-0.25, -0.2) is 9.59 Å². The molecule has 0 radical (unpaired) electrons. The van der Waals surface area contributed by atoms with E-state index >= 15 is 0 Å². The van der Waals surface area contributed by atoms with Crippen molar-refractivity contribution in [1.29, 1.82) is 0 Å². The lowest BCUT2D eigenvalue weighted by Gasteiger charge is -2.20. The van der Waals surface area contributed by atoms with Gasteiger partial charge < -0.3 is 30.6 Å². The highest BCUT2D eigenvalue weighted by atomic mass is 79.9. The van der Waals surface area contributed by atoms with E-state index in [0.717, 1.165) is 10.0 Å². The number of hydrogen-bond acceptors (Lipinski definition) is 7. The number of carbonyl (C=O) groups is 4. The van der Waals surface area contributed by atoms with Gasteiger partial charge in [0, 0.05) is 16.5 Å². The fraction of sp³-hybridized carbons (Fsp3) is 0.333. The number of nitrogens with two attached hydrogens (primary N) is 1. The minimum atomic E-state index is -1.01. The Labute approximate surface area is 211 Å². The fourth-order valence-electron chi connectivity index (χ4n) is 2.74. The Morgan fingerprint density at radius 1 is 1.03 bits per heavy atom. The first-order valence-electron chi connectivity index (χ1n) is 10.7. The Hall–Kier alpha value is -3.60. The second-order valence-corrected chi connectivity index (χ2v) is 9.31. The number of primary amides is 1. The Morgan fingerprint density at radius 3 is 2.29 bits per heavy atom. The largest absolute Gasteiger partial charge is 0.514 e. The Bertz CT molecular complexity index is 1050. The Balaban J connectivity index is 1.84. The zero-order valence-corrected chi connectivity index (χ0v) is 21.2. The monoisotopic (exact) mass is 549 g/mol. The molecule has 0 heterocycles. The number of halogens is 1. The highest BCUT2D eigenvalue weighted by molar-refractivity contribution is 9.10. The summed E-state index contributed by atoms with van der Waals surface area (Å²) in [7, 11) is 0. The summed E-state index contributed by atoms with van der Waals surface area (Å²) < 4.78 is 16.1. The van der Waals surface area contributed by atoms with Gasteiger partial charge in [0.25, 0.3) is 0 Å². The van der Waals surface area contributed by atoms with Crippen molar-refractivity contribution in [2.45, 2.75) is 45.4 Å². The zero-order chi connectivity index (χ0) is 26.0. The summed E-state index contributed by atoms with van der Waals surface area (Å²) >= 11 is 3.38. The average molecular weight is 550 g/mol. The van der Waals surface area contributed by atoms with Crippen LogP contribution >= 0.6 is 15.9 Å². The van der Waals surface area contributed by atoms with E-state index in [0.29, 0.717) is 5.56 Å². The first kappa shape index (κ1) is 27.6. The maximum atomic E-state index is 12.1. The standard InChI is InChI=1S/C24H28BrN3O7/c1-24(2,3)35-22(31)27-13-20(29)28-19(21(26)30)12-15-8-10-17(11-9-15)34-23(32)33-14-16-6-4-5-7-18(16)25/h4-11,19H,12-14H2,1-3H3,(H2,26,30)(H,27,31)(H,28,29)/t19-/m0/s1. The second kappa shape index (κ2) is 12.7. The number of ether oxygens (including phenoxy) is 3. The normalized spacial score (nSPS) is 11.7. The van der Waals surface area contributed by atoms with Gasteiger partial charge in [-0.2, -0.15) is 0 Å². The summed E-state index contributed by atoms with van der Waals surface area (Å²) in [5.74, 6) is -1.11. The van der Waals surface area contributed by atoms with Crippen LogP contribution in [0.4, 0.5) is 9.59 Å². The van der Waals surface area contributed by atoms with Crippen molar-refractivity contribution in [1.82, 2.24) is 10.6 Å². The van der Waals surface area contributed by atoms with Crippen LogP contribution in [0.3, 0.4) is 0 Å². The van der Waals surface area contributed by atoms with E-state index in [1.165, 1.54) is 12.1 Å². The van der Waals surface area contributed by atoms with E-state index in [9.17, 15) is 19.2 Å². The molecule has 2 rings (SSSR count). The van der Waals surface area contributed by atoms with Gasteiger partial charge in [0.05, 0.1) is 0 Å². The molecule has 0 aromatic heterocycles. The van der Waals surface area contributed by atoms with Gasteiger partial charge >= 0.3 is 12.2 Å². The molecule has 3 amide bonds. The Morgan fingerprint density at radius 2 is 1.69 bits per heavy atom. The molecule has 10 nitrogen and oxygen atoms in total. The summed E-state index contributed by atoms with van der Waals surface area (Å²) in [5.41, 5.74) is 6.15. The molecule has 0 saturated heterocycles. The van der Waals surface area contributed by atoms with E-state index in [2.05, 4.69) is 26.6 Å². The number of hydrogen-bond donors (Lipinski definition) is 3. The van der Waals surface area contributed by atoms with Crippen LogP contribution in [0.5, 0.6) is 5.75 Å². The van der Waals surface area contributed by atoms with E-state index in [4.69, 9.17) is 19.9 Å². The Kier molecular flexibility index (Phi) is 10.1. The van der Waals surface area contributed by atoms with Crippen LogP contribution in [0.2, 0.25) is 0 Å². The second-order valence-electron chi connectivity index (χ2n) is 8.46. The summed E-state index contributed by atoms with van der Waals surface area (Å²) in [6, 6.07) is 12.6. The third kappa shape index (κ3) is 10.5. The molecule has 2 aromatic rings. The number of nitrogens with one attached hydrogen (secondary N) is 2. The third-order valence-electron chi connectivity index (χ3n) is 4.34. The van der Waals surface area contributed by atoms with Crippen molar-refractivity contribution in [2.75, 3.05) is 6.54 Å². The van der Waals surface area contributed by atoms with Gasteiger partial charge in [-0.3, -0.25) is 9.59 Å². The lowest BCUT2D eigenvalue weighted by molar-refractivity contribution is -0.126. The maximum Gasteiger partial charge on any atom is 0.514 e. The fourth-order valence-corrected chi connectivity index (χ4v) is 3.14. The number of rotatable bonds is 9. The predicted octanol–water partition coefficient (Wildman–Crippen LogP) is 3.20. The van der Waals surface area contributed by atoms with E-state index < -0.39 is 35.7 Å². The highest BCUT2D eigenvalue weighted by Crippen LogP contribution is 2.18. The van der Waals surface area contributed by atoms with Crippen molar-refractivity contribution >= 4 is 40.0 Å². The highest BCUT2D eigenvalue weighted by Gasteiger charge is 2.21. The quantitative estimate of drug-likeness (QED) is 0.321. The molecule has 35 heavy (non-hydrogen) atoms. The number of carbonyl (C=O) groups excluding carboxylic acids is 4. The minimum Gasteiger partial charge on any atom is -0.444 e. The van der Waals surface area contributed by atoms with Crippen LogP contribution in [0.15, 0.2) is 53.0 Å². The van der Waals surface area contributed by atoms with Gasteiger partial charge in [0.15, 0.2) is 0 Å². The first-order chi connectivity index (χ1) is 16.4. The summed E-state index contributed by atoms with van der Waals surface area (Å²) in [6.45, 7) is 4.74. The summed E-state index contributed by atoms with van der Waals surface area (Å²) in [6.07, 6.45) is -1.53. The average Bonchev–Trinajstić information content (AvgIpc) is 2.77. The van der Waals surface area contributed by atoms with Gasteiger partial charge in [-0.15, -0.1) is 0 Å². The molecule has 0 aliphatic carbocycles. The smallest absolute Gasteiger partial charge is 0.444 e. The number of amides is 3. The molecule has 0 aliphatic heterocycles. The minimum absolute atomic E-state index is 0.0428. The van der Waals surface area contributed by atoms with Gasteiger partial charge in [0.2, 0.25) is 11.8 Å². The SMILES string of the molecule is CC(C)(C)OC(=O)NCC(=O)N[C@@H](Cc1ccc(OC(=O)OCc2ccccc2Br)cc1)C(N)=O. The summed E-state index contributed by atoms with van der Waals surface area (Å²) in [4.78, 5) is 47.5. The lowest BCUT2D eigenvalue weighted by atomic mass is 10.1. The van der Waals surface area contributed by atoms with Crippen molar-refractivity contribution in [3.8, 4) is 5.75 Å². The molecule has 0 spiro atoms. The van der Waals surface area contributed by atoms with Crippen LogP contribution < -0.4 is 21.1 Å². The topological polar surface area (TPSA) is 146 Å². The molecule has 0 fully saturated rings. The van der Waals surface area contributed by atoms with Crippen LogP contribution in [0.1, 0.15) is 31.9 Å². The van der Waals surface area contributed by atoms with Crippen LogP contribution in [0, 0.1) is 0 Å². The van der Waals surface area contributed by atoms with Crippen molar-refractivity contribution in [2.24, 2.45) is 5.73 Å². The third-order valence-corrected chi connectivity index (χ3v) is 5.11. The molecule has 0 bridgehead atoms. The molecule has 4 N–H and O–H groups in total. The van der Waals surface area contributed by atoms with E-state index in [1.54, 1.807) is 32.9 Å². The lowest BCUT2D eigenvalue weighted by Crippen LogP contribution is -2.49. The van der Waals surface area contributed by atoms with Crippen LogP contribution in [-0.2, 0) is 32.1 Å². The van der Waals surface area contributed by atoms with E-state index in [-0.39, 0.29) is 25.3 Å². The van der Waals surface area contributed by atoms with Gasteiger partial charge in [-0.1, -0.05) is 46.3 Å². The van der Waals surface area contributed by atoms with Crippen LogP contribution in [-0.4, -0.2) is 42.3 Å². The van der Waals surface area contributed by atoms with Crippen LogP contribution in [0.25, 0.3) is 0 Å². The summed E-state index contributed by atoms with van der Waals surface area (Å²) in [5, 5.41) is 4.78. The molecule has 0 unspecified atom stereocenters.